The fourth-order valence-corrected chi connectivity index (χ4v) is 5.49. The molecular formula is C36H66NO10P. The number of hydrogen-bond acceptors (Lipinski definition) is 9. The van der Waals surface area contributed by atoms with E-state index in [1.54, 1.807) is 0 Å². The average molecular weight is 704 g/mol. The number of allylic oxidation sites excluding steroid dienone is 4. The summed E-state index contributed by atoms with van der Waals surface area (Å²) in [6, 6.07) is -1.52. The Bertz CT molecular complexity index is 926. The quantitative estimate of drug-likeness (QED) is 0.0253. The van der Waals surface area contributed by atoms with Gasteiger partial charge in [0.25, 0.3) is 0 Å². The Morgan fingerprint density at radius 2 is 1.08 bits per heavy atom. The molecular weight excluding hydrogens is 637 g/mol. The molecule has 0 bridgehead atoms. The number of hydrogen-bond donors (Lipinski definition) is 3. The van der Waals surface area contributed by atoms with Gasteiger partial charge in [0.15, 0.2) is 6.10 Å². The Kier molecular flexibility index (Phi) is 30.8. The average Bonchev–Trinajstić information content (AvgIpc) is 3.05. The molecule has 0 spiro atoms. The van der Waals surface area contributed by atoms with Crippen LogP contribution in [0.4, 0.5) is 0 Å². The van der Waals surface area contributed by atoms with Crippen molar-refractivity contribution in [1.29, 1.82) is 0 Å². The van der Waals surface area contributed by atoms with E-state index in [1.165, 1.54) is 32.1 Å². The van der Waals surface area contributed by atoms with Gasteiger partial charge in [0.05, 0.1) is 13.2 Å². The van der Waals surface area contributed by atoms with Crippen molar-refractivity contribution in [2.24, 2.45) is 5.73 Å². The number of carboxylic acids is 1. The fourth-order valence-electron chi connectivity index (χ4n) is 4.71. The van der Waals surface area contributed by atoms with Crippen molar-refractivity contribution < 1.29 is 47.5 Å². The molecule has 11 nitrogen and oxygen atoms in total. The molecule has 0 fully saturated rings. The third-order valence-electron chi connectivity index (χ3n) is 7.65. The van der Waals surface area contributed by atoms with E-state index >= 15 is 0 Å². The Morgan fingerprint density at radius 1 is 0.625 bits per heavy atom. The lowest BCUT2D eigenvalue weighted by molar-refractivity contribution is -0.161. The summed E-state index contributed by atoms with van der Waals surface area (Å²) in [5.41, 5.74) is 5.30. The van der Waals surface area contributed by atoms with Crippen LogP contribution in [-0.2, 0) is 37.5 Å². The molecule has 4 N–H and O–H groups in total. The van der Waals surface area contributed by atoms with Gasteiger partial charge >= 0.3 is 25.7 Å². The third kappa shape index (κ3) is 31.2. The van der Waals surface area contributed by atoms with Gasteiger partial charge in [-0.3, -0.25) is 23.4 Å². The lowest BCUT2D eigenvalue weighted by atomic mass is 10.1. The SMILES string of the molecule is CCC/C=C\CCCCCCCC(=O)OCC(COP(=O)(O)OCC(N)C(=O)O)OC(=O)CCCCCCC/C=C\CCCCCCC. The molecule has 0 rings (SSSR count). The van der Waals surface area contributed by atoms with Crippen LogP contribution < -0.4 is 5.73 Å². The fraction of sp³-hybridized carbons (Fsp3) is 0.806. The molecule has 0 saturated heterocycles. The third-order valence-corrected chi connectivity index (χ3v) is 8.60. The zero-order chi connectivity index (χ0) is 35.7. The van der Waals surface area contributed by atoms with Crippen LogP contribution in [0.15, 0.2) is 24.3 Å². The van der Waals surface area contributed by atoms with E-state index in [4.69, 9.17) is 24.8 Å². The molecule has 0 aliphatic rings. The monoisotopic (exact) mass is 703 g/mol. The topological polar surface area (TPSA) is 172 Å². The summed E-state index contributed by atoms with van der Waals surface area (Å²) in [5, 5.41) is 8.84. The van der Waals surface area contributed by atoms with Crippen LogP contribution in [0.3, 0.4) is 0 Å². The van der Waals surface area contributed by atoms with Crippen LogP contribution >= 0.6 is 7.82 Å². The molecule has 48 heavy (non-hydrogen) atoms. The van der Waals surface area contributed by atoms with E-state index in [0.717, 1.165) is 83.5 Å². The van der Waals surface area contributed by atoms with Gasteiger partial charge in [-0.25, -0.2) is 4.57 Å². The first-order chi connectivity index (χ1) is 23.1. The van der Waals surface area contributed by atoms with Crippen LogP contribution in [0.25, 0.3) is 0 Å². The molecule has 3 atom stereocenters. The molecule has 12 heteroatoms. The number of rotatable bonds is 34. The number of carbonyl (C=O) groups is 3. The van der Waals surface area contributed by atoms with Gasteiger partial charge in [0.2, 0.25) is 0 Å². The summed E-state index contributed by atoms with van der Waals surface area (Å²) in [6.45, 7) is 2.68. The highest BCUT2D eigenvalue weighted by molar-refractivity contribution is 7.47. The maximum absolute atomic E-state index is 12.5. The second-order valence-electron chi connectivity index (χ2n) is 12.3. The molecule has 0 aromatic rings. The first-order valence-corrected chi connectivity index (χ1v) is 19.9. The largest absolute Gasteiger partial charge is 0.480 e. The standard InChI is InChI=1S/C36H66NO10P/c1-3-5-7-9-11-13-15-16-17-18-20-22-24-26-28-35(39)47-32(30-45-48(42,43)46-31-33(37)36(40)41)29-44-34(38)27-25-23-21-19-14-12-10-8-6-4-2/h8,10,15-16,32-33H,3-7,9,11-14,17-31,37H2,1-2H3,(H,40,41)(H,42,43)/b10-8-,16-15-. The minimum Gasteiger partial charge on any atom is -0.480 e. The minimum atomic E-state index is -4.71. The van der Waals surface area contributed by atoms with Gasteiger partial charge in [0.1, 0.15) is 12.6 Å². The van der Waals surface area contributed by atoms with Gasteiger partial charge in [-0.15, -0.1) is 0 Å². The molecule has 0 aliphatic carbocycles. The summed E-state index contributed by atoms with van der Waals surface area (Å²) in [4.78, 5) is 45.6. The maximum atomic E-state index is 12.5. The summed E-state index contributed by atoms with van der Waals surface area (Å²) < 4.78 is 32.5. The molecule has 0 aromatic carbocycles. The van der Waals surface area contributed by atoms with E-state index in [0.29, 0.717) is 12.8 Å². The van der Waals surface area contributed by atoms with Crippen molar-refractivity contribution in [3.8, 4) is 0 Å². The first kappa shape index (κ1) is 46.0. The van der Waals surface area contributed by atoms with Gasteiger partial charge in [0, 0.05) is 12.8 Å². The van der Waals surface area contributed by atoms with Crippen LogP contribution in [-0.4, -0.2) is 59.9 Å². The van der Waals surface area contributed by atoms with Gasteiger partial charge in [-0.05, 0) is 57.8 Å². The number of aliphatic carboxylic acids is 1. The zero-order valence-electron chi connectivity index (χ0n) is 29.8. The lowest BCUT2D eigenvalue weighted by Crippen LogP contribution is -2.34. The molecule has 0 aromatic heterocycles. The normalized spacial score (nSPS) is 14.2. The summed E-state index contributed by atoms with van der Waals surface area (Å²) >= 11 is 0. The smallest absolute Gasteiger partial charge is 0.472 e. The highest BCUT2D eigenvalue weighted by Crippen LogP contribution is 2.43. The van der Waals surface area contributed by atoms with Crippen molar-refractivity contribution in [1.82, 2.24) is 0 Å². The van der Waals surface area contributed by atoms with Gasteiger partial charge in [-0.1, -0.05) is 109 Å². The van der Waals surface area contributed by atoms with Crippen molar-refractivity contribution >= 4 is 25.7 Å². The Morgan fingerprint density at radius 3 is 1.60 bits per heavy atom. The second kappa shape index (κ2) is 32.2. The van der Waals surface area contributed by atoms with Crippen LogP contribution in [0.5, 0.6) is 0 Å². The predicted octanol–water partition coefficient (Wildman–Crippen LogP) is 8.72. The molecule has 3 unspecified atom stereocenters. The van der Waals surface area contributed by atoms with Crippen LogP contribution in [0.2, 0.25) is 0 Å². The van der Waals surface area contributed by atoms with E-state index in [2.05, 4.69) is 42.7 Å². The zero-order valence-corrected chi connectivity index (χ0v) is 30.7. The van der Waals surface area contributed by atoms with E-state index in [9.17, 15) is 23.8 Å². The molecule has 280 valence electrons. The van der Waals surface area contributed by atoms with Crippen LogP contribution in [0, 0.1) is 0 Å². The molecule has 0 saturated carbocycles. The van der Waals surface area contributed by atoms with Crippen molar-refractivity contribution in [2.45, 2.75) is 167 Å². The Hall–Kier alpha value is -2.04. The molecule has 0 heterocycles. The Balaban J connectivity index is 4.48. The summed E-state index contributed by atoms with van der Waals surface area (Å²) in [5.74, 6) is -2.41. The summed E-state index contributed by atoms with van der Waals surface area (Å²) in [7, 11) is -4.71. The highest BCUT2D eigenvalue weighted by atomic mass is 31.2. The first-order valence-electron chi connectivity index (χ1n) is 18.4. The number of ether oxygens (including phenoxy) is 2. The minimum absolute atomic E-state index is 0.150. The number of carbonyl (C=O) groups excluding carboxylic acids is 2. The molecule has 0 aliphatic heterocycles. The van der Waals surface area contributed by atoms with Crippen LogP contribution in [0.1, 0.15) is 155 Å². The maximum Gasteiger partial charge on any atom is 0.472 e. The lowest BCUT2D eigenvalue weighted by Gasteiger charge is -2.20. The number of nitrogens with two attached hydrogens (primary N) is 1. The second-order valence-corrected chi connectivity index (χ2v) is 13.8. The number of phosphoric acid groups is 1. The van der Waals surface area contributed by atoms with E-state index in [-0.39, 0.29) is 19.4 Å². The number of unbranched alkanes of at least 4 members (excludes halogenated alkanes) is 16. The highest BCUT2D eigenvalue weighted by Gasteiger charge is 2.28. The van der Waals surface area contributed by atoms with Gasteiger partial charge < -0.3 is 25.2 Å². The summed E-state index contributed by atoms with van der Waals surface area (Å²) in [6.07, 6.45) is 29.7. The number of esters is 2. The number of carboxylic acid groups (broad SMARTS) is 1. The van der Waals surface area contributed by atoms with E-state index in [1.807, 2.05) is 0 Å². The molecule has 0 radical (unpaired) electrons. The van der Waals surface area contributed by atoms with Crippen molar-refractivity contribution in [3.05, 3.63) is 24.3 Å². The van der Waals surface area contributed by atoms with E-state index < -0.39 is 51.1 Å². The number of phosphoric ester groups is 1. The predicted molar refractivity (Wildman–Crippen MR) is 189 cm³/mol. The Labute approximate surface area is 290 Å². The van der Waals surface area contributed by atoms with Crippen molar-refractivity contribution in [2.75, 3.05) is 19.8 Å². The molecule has 0 amide bonds. The van der Waals surface area contributed by atoms with Gasteiger partial charge in [-0.2, -0.15) is 0 Å². The van der Waals surface area contributed by atoms with Crippen molar-refractivity contribution in [3.63, 3.8) is 0 Å².